The predicted octanol–water partition coefficient (Wildman–Crippen LogP) is 2.51. The second-order valence-electron chi connectivity index (χ2n) is 7.14. The standard InChI is InChI=1S/C19H26N4O4S/c1-14(2)22-12-18(20-13-22)28(25,26)23-10-6-7-15(11-23)19(24)21-16-8-4-5-9-17(16)27-3/h4-5,8-9,12-15H,6-7,10-11H2,1-3H3,(H,21,24)/t15-/m1/s1. The molecule has 1 fully saturated rings. The lowest BCUT2D eigenvalue weighted by Crippen LogP contribution is -2.43. The van der Waals surface area contributed by atoms with Crippen LogP contribution in [-0.4, -0.2) is 48.4 Å². The average molecular weight is 407 g/mol. The Kier molecular flexibility index (Phi) is 6.04. The van der Waals surface area contributed by atoms with Gasteiger partial charge in [0.05, 0.1) is 25.0 Å². The van der Waals surface area contributed by atoms with Crippen molar-refractivity contribution in [2.45, 2.75) is 37.8 Å². The van der Waals surface area contributed by atoms with Gasteiger partial charge in [-0.2, -0.15) is 4.31 Å². The summed E-state index contributed by atoms with van der Waals surface area (Å²) in [6, 6.07) is 7.27. The number of rotatable bonds is 6. The first-order valence-electron chi connectivity index (χ1n) is 9.30. The molecule has 3 rings (SSSR count). The van der Waals surface area contributed by atoms with Crippen molar-refractivity contribution in [3.8, 4) is 5.75 Å². The molecule has 152 valence electrons. The van der Waals surface area contributed by atoms with Crippen LogP contribution in [0.4, 0.5) is 5.69 Å². The Hall–Kier alpha value is -2.39. The smallest absolute Gasteiger partial charge is 0.262 e. The third-order valence-electron chi connectivity index (χ3n) is 4.90. The van der Waals surface area contributed by atoms with Gasteiger partial charge in [0, 0.05) is 25.3 Å². The van der Waals surface area contributed by atoms with E-state index >= 15 is 0 Å². The third kappa shape index (κ3) is 4.20. The van der Waals surface area contributed by atoms with Gasteiger partial charge in [0.25, 0.3) is 10.0 Å². The van der Waals surface area contributed by atoms with Gasteiger partial charge in [-0.1, -0.05) is 12.1 Å². The number of ether oxygens (including phenoxy) is 1. The van der Waals surface area contributed by atoms with Crippen LogP contribution in [0.1, 0.15) is 32.7 Å². The van der Waals surface area contributed by atoms with E-state index in [0.29, 0.717) is 30.8 Å². The zero-order valence-electron chi connectivity index (χ0n) is 16.3. The molecule has 1 saturated heterocycles. The second-order valence-corrected chi connectivity index (χ2v) is 9.03. The van der Waals surface area contributed by atoms with Crippen molar-refractivity contribution < 1.29 is 17.9 Å². The molecule has 1 aliphatic heterocycles. The van der Waals surface area contributed by atoms with Gasteiger partial charge < -0.3 is 14.6 Å². The second kappa shape index (κ2) is 8.32. The normalized spacial score (nSPS) is 18.2. The summed E-state index contributed by atoms with van der Waals surface area (Å²) in [5, 5.41) is 2.88. The van der Waals surface area contributed by atoms with Gasteiger partial charge in [-0.15, -0.1) is 0 Å². The summed E-state index contributed by atoms with van der Waals surface area (Å²) in [6.07, 6.45) is 4.31. The predicted molar refractivity (Wildman–Crippen MR) is 106 cm³/mol. The first kappa shape index (κ1) is 20.3. The minimum atomic E-state index is -3.73. The molecule has 9 heteroatoms. The number of imidazole rings is 1. The van der Waals surface area contributed by atoms with E-state index < -0.39 is 15.9 Å². The summed E-state index contributed by atoms with van der Waals surface area (Å²) >= 11 is 0. The molecule has 1 aliphatic rings. The van der Waals surface area contributed by atoms with Crippen molar-refractivity contribution in [2.24, 2.45) is 5.92 Å². The van der Waals surface area contributed by atoms with Gasteiger partial charge in [0.15, 0.2) is 5.03 Å². The zero-order chi connectivity index (χ0) is 20.3. The Morgan fingerprint density at radius 3 is 2.75 bits per heavy atom. The molecule has 8 nitrogen and oxygen atoms in total. The molecule has 28 heavy (non-hydrogen) atoms. The largest absolute Gasteiger partial charge is 0.495 e. The van der Waals surface area contributed by atoms with E-state index in [4.69, 9.17) is 4.74 Å². The molecule has 0 bridgehead atoms. The SMILES string of the molecule is COc1ccccc1NC(=O)[C@@H]1CCCN(S(=O)(=O)c2cn(C(C)C)cn2)C1. The van der Waals surface area contributed by atoms with Gasteiger partial charge in [-0.25, -0.2) is 13.4 Å². The number of methoxy groups -OCH3 is 1. The van der Waals surface area contributed by atoms with Crippen LogP contribution < -0.4 is 10.1 Å². The van der Waals surface area contributed by atoms with Crippen LogP contribution in [0.3, 0.4) is 0 Å². The molecule has 0 saturated carbocycles. The van der Waals surface area contributed by atoms with Crippen molar-refractivity contribution >= 4 is 21.6 Å². The van der Waals surface area contributed by atoms with Crippen molar-refractivity contribution in [1.82, 2.24) is 13.9 Å². The number of carbonyl (C=O) groups is 1. The topological polar surface area (TPSA) is 93.5 Å². The Labute approximate surface area is 165 Å². The number of piperidine rings is 1. The van der Waals surface area contributed by atoms with Crippen LogP contribution in [0.2, 0.25) is 0 Å². The molecule has 0 aliphatic carbocycles. The van der Waals surface area contributed by atoms with Crippen LogP contribution >= 0.6 is 0 Å². The fourth-order valence-electron chi connectivity index (χ4n) is 3.22. The van der Waals surface area contributed by atoms with Crippen LogP contribution in [-0.2, 0) is 14.8 Å². The first-order chi connectivity index (χ1) is 13.3. The van der Waals surface area contributed by atoms with Gasteiger partial charge >= 0.3 is 0 Å². The molecule has 1 aromatic carbocycles. The van der Waals surface area contributed by atoms with Crippen LogP contribution in [0.15, 0.2) is 41.8 Å². The number of hydrogen-bond acceptors (Lipinski definition) is 5. The maximum absolute atomic E-state index is 12.9. The van der Waals surface area contributed by atoms with Crippen molar-refractivity contribution in [2.75, 3.05) is 25.5 Å². The van der Waals surface area contributed by atoms with Crippen molar-refractivity contribution in [3.05, 3.63) is 36.8 Å². The number of anilines is 1. The number of benzene rings is 1. The molecule has 1 N–H and O–H groups in total. The van der Waals surface area contributed by atoms with E-state index in [2.05, 4.69) is 10.3 Å². The lowest BCUT2D eigenvalue weighted by atomic mass is 9.98. The average Bonchev–Trinajstić information content (AvgIpc) is 3.20. The highest BCUT2D eigenvalue weighted by Crippen LogP contribution is 2.27. The number of hydrogen-bond donors (Lipinski definition) is 1. The summed E-state index contributed by atoms with van der Waals surface area (Å²) in [5.74, 6) is -0.0758. The number of sulfonamides is 1. The monoisotopic (exact) mass is 406 g/mol. The van der Waals surface area contributed by atoms with Gasteiger partial charge in [0.2, 0.25) is 5.91 Å². The molecular weight excluding hydrogens is 380 g/mol. The maximum Gasteiger partial charge on any atom is 0.262 e. The Morgan fingerprint density at radius 1 is 1.32 bits per heavy atom. The Morgan fingerprint density at radius 2 is 2.07 bits per heavy atom. The zero-order valence-corrected chi connectivity index (χ0v) is 17.1. The number of nitrogens with one attached hydrogen (secondary N) is 1. The lowest BCUT2D eigenvalue weighted by Gasteiger charge is -2.30. The number of para-hydroxylation sites is 2. The fraction of sp³-hybridized carbons (Fsp3) is 0.474. The molecule has 1 amide bonds. The van der Waals surface area contributed by atoms with E-state index in [1.807, 2.05) is 19.9 Å². The lowest BCUT2D eigenvalue weighted by molar-refractivity contribution is -0.120. The van der Waals surface area contributed by atoms with E-state index in [9.17, 15) is 13.2 Å². The highest BCUT2D eigenvalue weighted by atomic mass is 32.2. The van der Waals surface area contributed by atoms with Crippen molar-refractivity contribution in [1.29, 1.82) is 0 Å². The highest BCUT2D eigenvalue weighted by molar-refractivity contribution is 7.89. The minimum absolute atomic E-state index is 0.0204. The highest BCUT2D eigenvalue weighted by Gasteiger charge is 2.34. The third-order valence-corrected chi connectivity index (χ3v) is 6.65. The van der Waals surface area contributed by atoms with Crippen LogP contribution in [0.25, 0.3) is 0 Å². The number of aromatic nitrogens is 2. The summed E-state index contributed by atoms with van der Waals surface area (Å²) in [4.78, 5) is 16.8. The molecule has 1 aromatic heterocycles. The quantitative estimate of drug-likeness (QED) is 0.796. The van der Waals surface area contributed by atoms with Crippen LogP contribution in [0.5, 0.6) is 5.75 Å². The Balaban J connectivity index is 1.73. The molecule has 0 unspecified atom stereocenters. The summed E-state index contributed by atoms with van der Waals surface area (Å²) < 4.78 is 34.3. The molecule has 0 radical (unpaired) electrons. The minimum Gasteiger partial charge on any atom is -0.495 e. The number of nitrogens with zero attached hydrogens (tertiary/aromatic N) is 3. The molecule has 1 atom stereocenters. The number of amides is 1. The Bertz CT molecular complexity index is 939. The van der Waals surface area contributed by atoms with Crippen molar-refractivity contribution in [3.63, 3.8) is 0 Å². The first-order valence-corrected chi connectivity index (χ1v) is 10.7. The fourth-order valence-corrected chi connectivity index (χ4v) is 4.67. The summed E-state index contributed by atoms with van der Waals surface area (Å²) in [7, 11) is -2.19. The van der Waals surface area contributed by atoms with E-state index in [1.54, 1.807) is 29.0 Å². The molecule has 2 heterocycles. The molecular formula is C19H26N4O4S. The van der Waals surface area contributed by atoms with Gasteiger partial charge in [0.1, 0.15) is 5.75 Å². The van der Waals surface area contributed by atoms with E-state index in [-0.39, 0.29) is 23.5 Å². The summed E-state index contributed by atoms with van der Waals surface area (Å²) in [5.41, 5.74) is 0.575. The van der Waals surface area contributed by atoms with Gasteiger partial charge in [-0.05, 0) is 38.8 Å². The van der Waals surface area contributed by atoms with Gasteiger partial charge in [-0.3, -0.25) is 4.79 Å². The molecule has 2 aromatic rings. The molecule has 0 spiro atoms. The summed E-state index contributed by atoms with van der Waals surface area (Å²) in [6.45, 7) is 4.43. The number of carbonyl (C=O) groups excluding carboxylic acids is 1. The van der Waals surface area contributed by atoms with Crippen LogP contribution in [0, 0.1) is 5.92 Å². The maximum atomic E-state index is 12.9. The van der Waals surface area contributed by atoms with E-state index in [1.165, 1.54) is 17.7 Å². The van der Waals surface area contributed by atoms with E-state index in [0.717, 1.165) is 0 Å².